The number of hydrogen-bond acceptors (Lipinski definition) is 1. The van der Waals surface area contributed by atoms with Crippen molar-refractivity contribution in [2.75, 3.05) is 0 Å². The Morgan fingerprint density at radius 2 is 1.89 bits per heavy atom. The van der Waals surface area contributed by atoms with Gasteiger partial charge in [-0.1, -0.05) is 54.1 Å². The molecule has 1 aliphatic rings. The number of benzene rings is 2. The first-order valence-corrected chi connectivity index (χ1v) is 7.03. The fourth-order valence-corrected chi connectivity index (χ4v) is 2.88. The fourth-order valence-electron chi connectivity index (χ4n) is 2.69. The summed E-state index contributed by atoms with van der Waals surface area (Å²) in [4.78, 5) is 0. The molecule has 0 aliphatic heterocycles. The van der Waals surface area contributed by atoms with Crippen LogP contribution >= 0.6 is 11.6 Å². The highest BCUT2D eigenvalue weighted by Gasteiger charge is 2.43. The van der Waals surface area contributed by atoms with Gasteiger partial charge in [-0.05, 0) is 47.9 Å². The first-order chi connectivity index (χ1) is 9.16. The predicted octanol–water partition coefficient (Wildman–Crippen LogP) is 4.49. The van der Waals surface area contributed by atoms with Gasteiger partial charge in [0.05, 0.1) is 6.10 Å². The summed E-state index contributed by atoms with van der Waals surface area (Å²) in [6, 6.07) is 16.3. The molecule has 0 spiro atoms. The topological polar surface area (TPSA) is 20.2 Å². The number of rotatable bonds is 3. The van der Waals surface area contributed by atoms with Crippen molar-refractivity contribution in [1.29, 1.82) is 0 Å². The smallest absolute Gasteiger partial charge is 0.0824 e. The lowest BCUT2D eigenvalue weighted by Crippen LogP contribution is -2.01. The molecule has 0 radical (unpaired) electrons. The Morgan fingerprint density at radius 1 is 1.16 bits per heavy atom. The second kappa shape index (κ2) is 4.99. The maximum Gasteiger partial charge on any atom is 0.0824 e. The molecule has 0 saturated heterocycles. The first-order valence-electron chi connectivity index (χ1n) is 6.66. The van der Waals surface area contributed by atoms with E-state index >= 15 is 0 Å². The second-order valence-corrected chi connectivity index (χ2v) is 5.78. The van der Waals surface area contributed by atoms with E-state index in [9.17, 15) is 5.11 Å². The largest absolute Gasteiger partial charge is 0.388 e. The number of aryl methyl sites for hydroxylation is 1. The second-order valence-electron chi connectivity index (χ2n) is 5.37. The first kappa shape index (κ1) is 12.7. The quantitative estimate of drug-likeness (QED) is 0.873. The molecule has 1 nitrogen and oxygen atoms in total. The van der Waals surface area contributed by atoms with Crippen LogP contribution in [0, 0.1) is 12.8 Å². The van der Waals surface area contributed by atoms with Crippen molar-refractivity contribution in [3.63, 3.8) is 0 Å². The molecule has 2 aromatic rings. The summed E-state index contributed by atoms with van der Waals surface area (Å²) in [5.41, 5.74) is 3.30. The fraction of sp³-hybridized carbons (Fsp3) is 0.294. The molecule has 1 saturated carbocycles. The van der Waals surface area contributed by atoms with Gasteiger partial charge in [0.1, 0.15) is 0 Å². The van der Waals surface area contributed by atoms with Crippen LogP contribution in [-0.2, 0) is 0 Å². The third-order valence-electron chi connectivity index (χ3n) is 4.01. The minimum absolute atomic E-state index is 0.321. The summed E-state index contributed by atoms with van der Waals surface area (Å²) >= 11 is 6.13. The molecule has 0 heterocycles. The van der Waals surface area contributed by atoms with Crippen molar-refractivity contribution < 1.29 is 5.11 Å². The van der Waals surface area contributed by atoms with E-state index in [4.69, 9.17) is 11.6 Å². The maximum absolute atomic E-state index is 10.4. The molecule has 2 aromatic carbocycles. The van der Waals surface area contributed by atoms with Crippen LogP contribution in [0.25, 0.3) is 0 Å². The number of aliphatic hydroxyl groups is 1. The van der Waals surface area contributed by atoms with E-state index in [0.29, 0.717) is 11.8 Å². The van der Waals surface area contributed by atoms with Crippen molar-refractivity contribution >= 4 is 11.6 Å². The minimum Gasteiger partial charge on any atom is -0.388 e. The third-order valence-corrected chi connectivity index (χ3v) is 4.42. The zero-order valence-electron chi connectivity index (χ0n) is 10.9. The summed E-state index contributed by atoms with van der Waals surface area (Å²) in [7, 11) is 0. The van der Waals surface area contributed by atoms with E-state index in [-0.39, 0.29) is 0 Å². The highest BCUT2D eigenvalue weighted by molar-refractivity contribution is 6.31. The Labute approximate surface area is 118 Å². The standard InChI is InChI=1S/C17H17ClO/c1-11-7-8-13(9-16(11)18)17(19)15-10-14(15)12-5-3-2-4-6-12/h2-9,14-15,17,19H,10H2,1H3. The van der Waals surface area contributed by atoms with Crippen molar-refractivity contribution in [3.8, 4) is 0 Å². The van der Waals surface area contributed by atoms with Crippen LogP contribution in [0.5, 0.6) is 0 Å². The Balaban J connectivity index is 1.76. The maximum atomic E-state index is 10.4. The number of hydrogen-bond donors (Lipinski definition) is 1. The van der Waals surface area contributed by atoms with E-state index in [1.807, 2.05) is 31.2 Å². The molecule has 19 heavy (non-hydrogen) atoms. The molecule has 0 bridgehead atoms. The Bertz CT molecular complexity index is 579. The molecule has 98 valence electrons. The minimum atomic E-state index is -0.414. The van der Waals surface area contributed by atoms with Gasteiger partial charge in [-0.25, -0.2) is 0 Å². The average molecular weight is 273 g/mol. The van der Waals surface area contributed by atoms with Crippen LogP contribution < -0.4 is 0 Å². The molecule has 0 aromatic heterocycles. The van der Waals surface area contributed by atoms with Crippen LogP contribution in [0.15, 0.2) is 48.5 Å². The van der Waals surface area contributed by atoms with E-state index < -0.39 is 6.10 Å². The molecular weight excluding hydrogens is 256 g/mol. The van der Waals surface area contributed by atoms with Gasteiger partial charge in [0.15, 0.2) is 0 Å². The lowest BCUT2D eigenvalue weighted by Gasteiger charge is -2.12. The summed E-state index contributed by atoms with van der Waals surface area (Å²) in [5, 5.41) is 11.2. The molecule has 0 amide bonds. The zero-order valence-corrected chi connectivity index (χ0v) is 11.6. The van der Waals surface area contributed by atoms with Gasteiger partial charge in [0, 0.05) is 5.02 Å². The molecular formula is C17H17ClO. The molecule has 3 rings (SSSR count). The predicted molar refractivity (Wildman–Crippen MR) is 78.4 cm³/mol. The van der Waals surface area contributed by atoms with Gasteiger partial charge in [-0.15, -0.1) is 0 Å². The van der Waals surface area contributed by atoms with Crippen LogP contribution in [0.3, 0.4) is 0 Å². The lowest BCUT2D eigenvalue weighted by atomic mass is 10.0. The lowest BCUT2D eigenvalue weighted by molar-refractivity contribution is 0.151. The normalized spacial score (nSPS) is 23.1. The molecule has 1 fully saturated rings. The van der Waals surface area contributed by atoms with Gasteiger partial charge in [-0.3, -0.25) is 0 Å². The number of halogens is 1. The highest BCUT2D eigenvalue weighted by atomic mass is 35.5. The Kier molecular flexibility index (Phi) is 3.34. The van der Waals surface area contributed by atoms with E-state index in [1.54, 1.807) is 0 Å². The van der Waals surface area contributed by atoms with Crippen molar-refractivity contribution in [1.82, 2.24) is 0 Å². The molecule has 1 N–H and O–H groups in total. The molecule has 1 aliphatic carbocycles. The van der Waals surface area contributed by atoms with Crippen molar-refractivity contribution in [2.24, 2.45) is 5.92 Å². The zero-order chi connectivity index (χ0) is 13.4. The van der Waals surface area contributed by atoms with Gasteiger partial charge in [-0.2, -0.15) is 0 Å². The summed E-state index contributed by atoms with van der Waals surface area (Å²) in [5.74, 6) is 0.803. The van der Waals surface area contributed by atoms with Gasteiger partial charge < -0.3 is 5.11 Å². The monoisotopic (exact) mass is 272 g/mol. The van der Waals surface area contributed by atoms with Crippen molar-refractivity contribution in [2.45, 2.75) is 25.4 Å². The van der Waals surface area contributed by atoms with Crippen LogP contribution in [0.4, 0.5) is 0 Å². The third kappa shape index (κ3) is 2.54. The summed E-state index contributed by atoms with van der Waals surface area (Å²) in [6.07, 6.45) is 0.639. The number of aliphatic hydroxyl groups excluding tert-OH is 1. The summed E-state index contributed by atoms with van der Waals surface area (Å²) in [6.45, 7) is 1.97. The van der Waals surface area contributed by atoms with E-state index in [2.05, 4.69) is 24.3 Å². The van der Waals surface area contributed by atoms with Gasteiger partial charge in [0.25, 0.3) is 0 Å². The van der Waals surface area contributed by atoms with Crippen LogP contribution in [0.2, 0.25) is 5.02 Å². The van der Waals surface area contributed by atoms with Gasteiger partial charge >= 0.3 is 0 Å². The molecule has 2 heteroatoms. The van der Waals surface area contributed by atoms with E-state index in [0.717, 1.165) is 22.6 Å². The Morgan fingerprint density at radius 3 is 2.58 bits per heavy atom. The summed E-state index contributed by atoms with van der Waals surface area (Å²) < 4.78 is 0. The Hall–Kier alpha value is -1.31. The molecule has 3 atom stereocenters. The van der Waals surface area contributed by atoms with Crippen LogP contribution in [-0.4, -0.2) is 5.11 Å². The van der Waals surface area contributed by atoms with Gasteiger partial charge in [0.2, 0.25) is 0 Å². The van der Waals surface area contributed by atoms with Crippen LogP contribution in [0.1, 0.15) is 35.1 Å². The average Bonchev–Trinajstić information content (AvgIpc) is 3.22. The highest BCUT2D eigenvalue weighted by Crippen LogP contribution is 2.54. The van der Waals surface area contributed by atoms with E-state index in [1.165, 1.54) is 5.56 Å². The SMILES string of the molecule is Cc1ccc(C(O)C2CC2c2ccccc2)cc1Cl. The van der Waals surface area contributed by atoms with Crippen molar-refractivity contribution in [3.05, 3.63) is 70.2 Å². The molecule has 3 unspecified atom stereocenters.